The van der Waals surface area contributed by atoms with Gasteiger partial charge < -0.3 is 4.98 Å². The fourth-order valence-electron chi connectivity index (χ4n) is 2.36. The lowest BCUT2D eigenvalue weighted by Gasteiger charge is -1.93. The topological polar surface area (TPSA) is 28.7 Å². The van der Waals surface area contributed by atoms with E-state index in [1.54, 1.807) is 6.08 Å². The van der Waals surface area contributed by atoms with Crippen LogP contribution >= 0.6 is 0 Å². The maximum absolute atomic E-state index is 4.51. The number of aromatic amines is 1. The molecular weight excluding hydrogens is 220 g/mol. The number of fused-ring (bicyclic) bond motifs is 3. The maximum atomic E-state index is 4.51. The summed E-state index contributed by atoms with van der Waals surface area (Å²) < 4.78 is 0. The van der Waals surface area contributed by atoms with Crippen molar-refractivity contribution < 1.29 is 0 Å². The molecule has 0 bridgehead atoms. The van der Waals surface area contributed by atoms with Crippen molar-refractivity contribution in [3.05, 3.63) is 53.7 Å². The highest BCUT2D eigenvalue weighted by Gasteiger charge is 2.04. The molecule has 0 aliphatic carbocycles. The Morgan fingerprint density at radius 3 is 2.83 bits per heavy atom. The van der Waals surface area contributed by atoms with Crippen LogP contribution in [0.4, 0.5) is 0 Å². The van der Waals surface area contributed by atoms with E-state index < -0.39 is 0 Å². The molecule has 2 nitrogen and oxygen atoms in total. The molecule has 1 N–H and O–H groups in total. The highest BCUT2D eigenvalue weighted by Crippen LogP contribution is 2.21. The van der Waals surface area contributed by atoms with Gasteiger partial charge in [0.1, 0.15) is 0 Å². The normalized spacial score (nSPS) is 13.6. The number of H-pyrrole nitrogens is 1. The van der Waals surface area contributed by atoms with Gasteiger partial charge in [0, 0.05) is 27.7 Å². The molecule has 0 unspecified atom stereocenters. The van der Waals surface area contributed by atoms with Crippen LogP contribution in [-0.4, -0.2) is 9.97 Å². The van der Waals surface area contributed by atoms with Crippen molar-refractivity contribution >= 4 is 34.0 Å². The Hall–Kier alpha value is -2.35. The van der Waals surface area contributed by atoms with Crippen molar-refractivity contribution in [3.63, 3.8) is 0 Å². The van der Waals surface area contributed by atoms with Gasteiger partial charge in [-0.3, -0.25) is 4.98 Å². The number of para-hydroxylation sites is 1. The van der Waals surface area contributed by atoms with E-state index in [-0.39, 0.29) is 0 Å². The monoisotopic (exact) mass is 234 g/mol. The number of hydrogen-bond donors (Lipinski definition) is 1. The highest BCUT2D eigenvalue weighted by atomic mass is 14.7. The van der Waals surface area contributed by atoms with Crippen LogP contribution in [0.5, 0.6) is 0 Å². The number of pyridine rings is 1. The molecule has 2 aromatic heterocycles. The Morgan fingerprint density at radius 1 is 1.22 bits per heavy atom. The van der Waals surface area contributed by atoms with Gasteiger partial charge in [-0.1, -0.05) is 43.0 Å². The zero-order valence-corrected chi connectivity index (χ0v) is 10.3. The number of nitrogens with zero attached hydrogens (tertiary/aromatic N) is 1. The van der Waals surface area contributed by atoms with Crippen molar-refractivity contribution in [2.75, 3.05) is 0 Å². The van der Waals surface area contributed by atoms with Crippen LogP contribution in [0, 0.1) is 0 Å². The average molecular weight is 234 g/mol. The fourth-order valence-corrected chi connectivity index (χ4v) is 2.36. The minimum absolute atomic E-state index is 0.981. The average Bonchev–Trinajstić information content (AvgIpc) is 2.78. The van der Waals surface area contributed by atoms with Crippen LogP contribution in [-0.2, 0) is 0 Å². The van der Waals surface area contributed by atoms with E-state index in [0.29, 0.717) is 0 Å². The molecule has 0 aliphatic heterocycles. The molecule has 0 radical (unpaired) electrons. The molecule has 3 aromatic rings. The number of benzene rings is 1. The lowest BCUT2D eigenvalue weighted by molar-refractivity contribution is 1.24. The van der Waals surface area contributed by atoms with Crippen molar-refractivity contribution in [2.45, 2.75) is 6.92 Å². The summed E-state index contributed by atoms with van der Waals surface area (Å²) in [4.78, 5) is 7.98. The molecule has 0 saturated carbocycles. The van der Waals surface area contributed by atoms with E-state index in [9.17, 15) is 0 Å². The van der Waals surface area contributed by atoms with Gasteiger partial charge in [0.25, 0.3) is 0 Å². The molecule has 0 atom stereocenters. The van der Waals surface area contributed by atoms with E-state index in [4.69, 9.17) is 0 Å². The Kier molecular flexibility index (Phi) is 2.49. The summed E-state index contributed by atoms with van der Waals surface area (Å²) in [5.74, 6) is 0. The predicted molar refractivity (Wildman–Crippen MR) is 77.7 cm³/mol. The number of aromatic nitrogens is 2. The van der Waals surface area contributed by atoms with Crippen LogP contribution in [0.15, 0.2) is 43.1 Å². The molecule has 2 heteroatoms. The van der Waals surface area contributed by atoms with Crippen LogP contribution in [0.1, 0.15) is 6.92 Å². The Bertz CT molecular complexity index is 854. The van der Waals surface area contributed by atoms with Gasteiger partial charge in [0.15, 0.2) is 0 Å². The first-order valence-corrected chi connectivity index (χ1v) is 5.99. The molecule has 2 heterocycles. The van der Waals surface area contributed by atoms with Crippen LogP contribution in [0.3, 0.4) is 0 Å². The third-order valence-corrected chi connectivity index (χ3v) is 3.18. The highest BCUT2D eigenvalue weighted by molar-refractivity contribution is 6.06. The molecule has 3 rings (SSSR count). The summed E-state index contributed by atoms with van der Waals surface area (Å²) >= 11 is 0. The molecule has 0 fully saturated rings. The smallest absolute Gasteiger partial charge is 0.0680 e. The Morgan fingerprint density at radius 2 is 2.06 bits per heavy atom. The van der Waals surface area contributed by atoms with Crippen molar-refractivity contribution in [2.24, 2.45) is 0 Å². The van der Waals surface area contributed by atoms with Gasteiger partial charge in [-0.05, 0) is 13.0 Å². The van der Waals surface area contributed by atoms with E-state index >= 15 is 0 Å². The van der Waals surface area contributed by atoms with Gasteiger partial charge in [-0.25, -0.2) is 0 Å². The van der Waals surface area contributed by atoms with Gasteiger partial charge in [-0.2, -0.15) is 0 Å². The number of hydrogen-bond acceptors (Lipinski definition) is 1. The maximum Gasteiger partial charge on any atom is 0.0680 e. The molecule has 0 aliphatic rings. The van der Waals surface area contributed by atoms with Crippen molar-refractivity contribution in [1.29, 1.82) is 0 Å². The van der Waals surface area contributed by atoms with Gasteiger partial charge in [0.05, 0.1) is 10.9 Å². The zero-order valence-electron chi connectivity index (χ0n) is 10.3. The summed E-state index contributed by atoms with van der Waals surface area (Å²) in [6.07, 6.45) is 7.75. The minimum atomic E-state index is 0.981. The molecule has 0 amide bonds. The van der Waals surface area contributed by atoms with Crippen LogP contribution in [0.2, 0.25) is 0 Å². The quantitative estimate of drug-likeness (QED) is 0.688. The number of nitrogens with one attached hydrogen (secondary N) is 1. The molecule has 88 valence electrons. The lowest BCUT2D eigenvalue weighted by atomic mass is 10.2. The van der Waals surface area contributed by atoms with Gasteiger partial charge in [0.2, 0.25) is 0 Å². The Labute approximate surface area is 105 Å². The van der Waals surface area contributed by atoms with Gasteiger partial charge in [-0.15, -0.1) is 0 Å². The largest absolute Gasteiger partial charge is 0.354 e. The summed E-state index contributed by atoms with van der Waals surface area (Å²) in [5, 5.41) is 4.45. The molecule has 1 aromatic carbocycles. The molecule has 18 heavy (non-hydrogen) atoms. The zero-order chi connectivity index (χ0) is 12.5. The summed E-state index contributed by atoms with van der Waals surface area (Å²) in [5.41, 5.74) is 2.26. The second-order valence-electron chi connectivity index (χ2n) is 4.21. The SMILES string of the molecule is C=C/C=c1\c(=C/C)ncc2c1[nH]c1ccccc12. The first-order valence-electron chi connectivity index (χ1n) is 5.99. The second-order valence-corrected chi connectivity index (χ2v) is 4.21. The van der Waals surface area contributed by atoms with Crippen LogP contribution in [0.25, 0.3) is 34.0 Å². The van der Waals surface area contributed by atoms with E-state index in [1.807, 2.05) is 37.4 Å². The number of allylic oxidation sites excluding steroid dienone is 1. The van der Waals surface area contributed by atoms with Crippen molar-refractivity contribution in [3.8, 4) is 0 Å². The first kappa shape index (κ1) is 10.8. The van der Waals surface area contributed by atoms with E-state index in [2.05, 4.69) is 28.7 Å². The van der Waals surface area contributed by atoms with Crippen molar-refractivity contribution in [1.82, 2.24) is 9.97 Å². The molecule has 0 spiro atoms. The van der Waals surface area contributed by atoms with E-state index in [0.717, 1.165) is 27.0 Å². The lowest BCUT2D eigenvalue weighted by Crippen LogP contribution is -2.28. The molecule has 0 saturated heterocycles. The van der Waals surface area contributed by atoms with E-state index in [1.165, 1.54) is 5.39 Å². The summed E-state index contributed by atoms with van der Waals surface area (Å²) in [6.45, 7) is 5.78. The standard InChI is InChI=1S/C16H14N2/c1-3-7-12-14(4-2)17-10-13-11-8-5-6-9-15(11)18-16(12)13/h3-10,18H,1H2,2H3/b12-7+,14-4+. The third kappa shape index (κ3) is 1.46. The Balaban J connectivity index is 2.64. The summed E-state index contributed by atoms with van der Waals surface area (Å²) in [7, 11) is 0. The predicted octanol–water partition coefficient (Wildman–Crippen LogP) is 2.48. The summed E-state index contributed by atoms with van der Waals surface area (Å²) in [6, 6.07) is 8.28. The number of rotatable bonds is 1. The fraction of sp³-hybridized carbons (Fsp3) is 0.0625. The molecular formula is C16H14N2. The van der Waals surface area contributed by atoms with Crippen LogP contribution < -0.4 is 10.6 Å². The third-order valence-electron chi connectivity index (χ3n) is 3.18. The minimum Gasteiger partial charge on any atom is -0.354 e. The van der Waals surface area contributed by atoms with Gasteiger partial charge >= 0.3 is 0 Å². The second kappa shape index (κ2) is 4.15. The first-order chi connectivity index (χ1) is 8.85.